The van der Waals surface area contributed by atoms with Crippen LogP contribution >= 0.6 is 7.60 Å². The number of ether oxygens (including phenoxy) is 1. The van der Waals surface area contributed by atoms with Gasteiger partial charge in [0.05, 0.1) is 24.5 Å². The van der Waals surface area contributed by atoms with Gasteiger partial charge in [-0.3, -0.25) is 4.57 Å². The van der Waals surface area contributed by atoms with Gasteiger partial charge >= 0.3 is 7.60 Å². The van der Waals surface area contributed by atoms with Gasteiger partial charge in [0.1, 0.15) is 6.10 Å². The van der Waals surface area contributed by atoms with Crippen LogP contribution in [-0.2, 0) is 25.9 Å². The summed E-state index contributed by atoms with van der Waals surface area (Å²) in [7, 11) is -8.86. The first kappa shape index (κ1) is 41.2. The summed E-state index contributed by atoms with van der Waals surface area (Å²) in [6.45, 7) is 4.17. The molecule has 0 radical (unpaired) electrons. The van der Waals surface area contributed by atoms with E-state index in [0.717, 1.165) is 38.5 Å². The summed E-state index contributed by atoms with van der Waals surface area (Å²) in [4.78, 5) is 19.4. The van der Waals surface area contributed by atoms with Crippen molar-refractivity contribution in [3.05, 3.63) is 35.9 Å². The second-order valence-electron chi connectivity index (χ2n) is 12.2. The molecule has 44 heavy (non-hydrogen) atoms. The highest BCUT2D eigenvalue weighted by atomic mass is 32.2. The van der Waals surface area contributed by atoms with E-state index in [2.05, 4.69) is 18.6 Å². The van der Waals surface area contributed by atoms with Gasteiger partial charge in [-0.2, -0.15) is 0 Å². The molecule has 0 aliphatic rings. The predicted octanol–water partition coefficient (Wildman–Crippen LogP) is 7.17. The fraction of sp³-hybridized carbons (Fsp3) is 0.818. The van der Waals surface area contributed by atoms with Gasteiger partial charge in [-0.05, 0) is 18.4 Å². The Labute approximate surface area is 267 Å². The molecular formula is C33H62NO8PS. The second-order valence-corrected chi connectivity index (χ2v) is 15.8. The van der Waals surface area contributed by atoms with Gasteiger partial charge in [0.2, 0.25) is 10.0 Å². The van der Waals surface area contributed by atoms with Crippen molar-refractivity contribution in [2.24, 2.45) is 0 Å². The van der Waals surface area contributed by atoms with Gasteiger partial charge in [0.15, 0.2) is 5.85 Å². The van der Waals surface area contributed by atoms with Crippen molar-refractivity contribution in [1.82, 2.24) is 4.72 Å². The molecule has 0 aromatic heterocycles. The molecule has 0 saturated heterocycles. The largest absolute Gasteiger partial charge is 0.389 e. The predicted molar refractivity (Wildman–Crippen MR) is 179 cm³/mol. The summed E-state index contributed by atoms with van der Waals surface area (Å²) in [5.74, 6) is -2.41. The lowest BCUT2D eigenvalue weighted by Gasteiger charge is -2.33. The van der Waals surface area contributed by atoms with Crippen LogP contribution in [0.25, 0.3) is 0 Å². The molecule has 0 heterocycles. The lowest BCUT2D eigenvalue weighted by Crippen LogP contribution is -2.53. The number of sulfonamides is 1. The van der Waals surface area contributed by atoms with Crippen LogP contribution in [0.4, 0.5) is 0 Å². The molecule has 0 fully saturated rings. The van der Waals surface area contributed by atoms with Crippen LogP contribution in [0, 0.1) is 0 Å². The Morgan fingerprint density at radius 1 is 0.727 bits per heavy atom. The molecule has 0 aliphatic heterocycles. The number of unbranched alkanes of at least 4 members (excludes halogenated alkanes) is 16. The van der Waals surface area contributed by atoms with E-state index in [9.17, 15) is 33.0 Å². The lowest BCUT2D eigenvalue weighted by molar-refractivity contribution is -0.0979. The molecule has 4 atom stereocenters. The molecule has 258 valence electrons. The van der Waals surface area contributed by atoms with Gasteiger partial charge in [0.25, 0.3) is 0 Å². The second kappa shape index (κ2) is 24.3. The van der Waals surface area contributed by atoms with Crippen molar-refractivity contribution < 1.29 is 37.7 Å². The summed E-state index contributed by atoms with van der Waals surface area (Å²) in [6, 6.07) is 7.77. The Balaban J connectivity index is 2.62. The Morgan fingerprint density at radius 2 is 1.18 bits per heavy atom. The van der Waals surface area contributed by atoms with Gasteiger partial charge in [0, 0.05) is 0 Å². The molecule has 4 unspecified atom stereocenters. The maximum absolute atomic E-state index is 13.0. The average Bonchev–Trinajstić information content (AvgIpc) is 2.98. The molecular weight excluding hydrogens is 601 g/mol. The van der Waals surface area contributed by atoms with Crippen molar-refractivity contribution in [2.45, 2.75) is 167 Å². The molecule has 11 heteroatoms. The average molecular weight is 664 g/mol. The number of hydrogen-bond acceptors (Lipinski definition) is 6. The first-order valence-electron chi connectivity index (χ1n) is 17.1. The first-order chi connectivity index (χ1) is 21.0. The van der Waals surface area contributed by atoms with Crippen LogP contribution in [0.2, 0.25) is 0 Å². The Morgan fingerprint density at radius 3 is 1.66 bits per heavy atom. The molecule has 9 nitrogen and oxygen atoms in total. The van der Waals surface area contributed by atoms with Gasteiger partial charge in [-0.15, -0.1) is 0 Å². The van der Waals surface area contributed by atoms with Crippen LogP contribution in [-0.4, -0.2) is 58.3 Å². The summed E-state index contributed by atoms with van der Waals surface area (Å²) < 4.78 is 46.3. The maximum Gasteiger partial charge on any atom is 0.356 e. The van der Waals surface area contributed by atoms with Gasteiger partial charge in [-0.1, -0.05) is 153 Å². The van der Waals surface area contributed by atoms with Crippen molar-refractivity contribution >= 4 is 17.6 Å². The Bertz CT molecular complexity index is 975. The summed E-state index contributed by atoms with van der Waals surface area (Å²) in [5.41, 5.74) is 0.681. The highest BCUT2D eigenvalue weighted by molar-refractivity contribution is 7.89. The molecule has 5 N–H and O–H groups in total. The summed E-state index contributed by atoms with van der Waals surface area (Å²) >= 11 is 0. The molecule has 0 bridgehead atoms. The first-order valence-corrected chi connectivity index (χ1v) is 20.4. The zero-order valence-electron chi connectivity index (χ0n) is 27.3. The van der Waals surface area contributed by atoms with Crippen LogP contribution in [0.1, 0.15) is 141 Å². The molecule has 0 aliphatic carbocycles. The highest BCUT2D eigenvalue weighted by Crippen LogP contribution is 2.43. The smallest absolute Gasteiger partial charge is 0.356 e. The minimum absolute atomic E-state index is 0.0974. The number of aliphatic hydroxyl groups excluding tert-OH is 2. The maximum atomic E-state index is 13.0. The highest BCUT2D eigenvalue weighted by Gasteiger charge is 2.43. The SMILES string of the molecule is CCCCCCCCCCCCCCCCS(=O)(=O)NC(CCCCCC)C(O)C(OCc1ccccc1)C(O)P(=O)(O)O. The van der Waals surface area contributed by atoms with Crippen LogP contribution in [0.3, 0.4) is 0 Å². The zero-order valence-corrected chi connectivity index (χ0v) is 29.0. The third kappa shape index (κ3) is 19.6. The fourth-order valence-corrected chi connectivity index (χ4v) is 7.48. The van der Waals surface area contributed by atoms with Crippen molar-refractivity contribution in [1.29, 1.82) is 0 Å². The van der Waals surface area contributed by atoms with Crippen molar-refractivity contribution in [3.63, 3.8) is 0 Å². The van der Waals surface area contributed by atoms with Gasteiger partial charge in [-0.25, -0.2) is 13.1 Å². The Hall–Kier alpha value is -0.840. The zero-order chi connectivity index (χ0) is 32.7. The normalized spacial score (nSPS) is 15.2. The van der Waals surface area contributed by atoms with E-state index in [0.29, 0.717) is 18.4 Å². The van der Waals surface area contributed by atoms with Crippen molar-refractivity contribution in [3.8, 4) is 0 Å². The van der Waals surface area contributed by atoms with E-state index in [1.165, 1.54) is 64.2 Å². The minimum atomic E-state index is -5.07. The molecule has 1 aromatic carbocycles. The van der Waals surface area contributed by atoms with E-state index >= 15 is 0 Å². The topological polar surface area (TPSA) is 153 Å². The van der Waals surface area contributed by atoms with E-state index in [1.807, 2.05) is 0 Å². The molecule has 0 spiro atoms. The number of aliphatic hydroxyl groups is 2. The molecule has 0 amide bonds. The molecule has 1 rings (SSSR count). The fourth-order valence-electron chi connectivity index (χ4n) is 5.41. The van der Waals surface area contributed by atoms with E-state index in [-0.39, 0.29) is 18.8 Å². The van der Waals surface area contributed by atoms with E-state index in [4.69, 9.17) is 4.74 Å². The van der Waals surface area contributed by atoms with Crippen LogP contribution in [0.15, 0.2) is 30.3 Å². The summed E-state index contributed by atoms with van der Waals surface area (Å²) in [5, 5.41) is 21.7. The standard InChI is InChI=1S/C33H62NO8PS/c1-3-5-7-9-10-11-12-13-14-15-16-17-18-23-27-44(40,41)34-30(26-22-8-6-4-2)31(35)32(33(36)43(37,38)39)42-28-29-24-20-19-21-25-29/h19-21,24-25,30-36H,3-18,22-23,26-28H2,1-2H3,(H2,37,38,39). The number of nitrogens with one attached hydrogen (secondary N) is 1. The number of benzene rings is 1. The lowest BCUT2D eigenvalue weighted by atomic mass is 9.99. The van der Waals surface area contributed by atoms with Crippen LogP contribution < -0.4 is 4.72 Å². The van der Waals surface area contributed by atoms with E-state index < -0.39 is 41.7 Å². The summed E-state index contributed by atoms with van der Waals surface area (Å²) in [6.07, 6.45) is 16.5. The number of hydrogen-bond donors (Lipinski definition) is 5. The molecule has 1 aromatic rings. The van der Waals surface area contributed by atoms with Gasteiger partial charge < -0.3 is 24.7 Å². The Kier molecular flexibility index (Phi) is 22.8. The monoisotopic (exact) mass is 663 g/mol. The third-order valence-electron chi connectivity index (χ3n) is 8.14. The quantitative estimate of drug-likeness (QED) is 0.0447. The third-order valence-corrected chi connectivity index (χ3v) is 10.6. The molecule has 0 saturated carbocycles. The number of rotatable bonds is 29. The van der Waals surface area contributed by atoms with Crippen LogP contribution in [0.5, 0.6) is 0 Å². The van der Waals surface area contributed by atoms with E-state index in [1.54, 1.807) is 30.3 Å². The minimum Gasteiger partial charge on any atom is -0.389 e. The van der Waals surface area contributed by atoms with Crippen molar-refractivity contribution in [2.75, 3.05) is 5.75 Å².